The molecule has 2 rings (SSSR count). The number of hydrogen-bond acceptors (Lipinski definition) is 3. The Hall–Kier alpha value is -1.14. The van der Waals surface area contributed by atoms with Crippen LogP contribution >= 0.6 is 0 Å². The molecule has 0 bridgehead atoms. The summed E-state index contributed by atoms with van der Waals surface area (Å²) in [4.78, 5) is -0.445. The van der Waals surface area contributed by atoms with Gasteiger partial charge in [0.25, 0.3) is 0 Å². The average molecular weight is 300 g/mol. The van der Waals surface area contributed by atoms with E-state index in [0.29, 0.717) is 6.54 Å². The van der Waals surface area contributed by atoms with E-state index in [9.17, 15) is 12.8 Å². The Kier molecular flexibility index (Phi) is 4.34. The molecule has 1 aromatic carbocycles. The quantitative estimate of drug-likeness (QED) is 0.840. The molecule has 1 aliphatic rings. The van der Waals surface area contributed by atoms with Crippen molar-refractivity contribution in [3.63, 3.8) is 0 Å². The molecule has 0 radical (unpaired) electrons. The summed E-state index contributed by atoms with van der Waals surface area (Å²) in [6.07, 6.45) is 5.40. The lowest BCUT2D eigenvalue weighted by molar-refractivity contribution is 0.219. The van der Waals surface area contributed by atoms with Crippen LogP contribution in [0.1, 0.15) is 39.0 Å². The standard InChI is InChI=1S/C14H21FN2O2S/c1-14(8-3-2-4-9-14)10-17-20(18,19)13-11(15)6-5-7-12(13)16/h5-7,17H,2-4,8-10,16H2,1H3. The molecule has 0 aliphatic heterocycles. The zero-order chi connectivity index (χ0) is 14.8. The number of nitrogens with one attached hydrogen (secondary N) is 1. The van der Waals surface area contributed by atoms with Gasteiger partial charge in [0.05, 0.1) is 5.69 Å². The summed E-state index contributed by atoms with van der Waals surface area (Å²) in [5.41, 5.74) is 5.48. The molecule has 0 saturated heterocycles. The van der Waals surface area contributed by atoms with Gasteiger partial charge in [-0.2, -0.15) is 0 Å². The van der Waals surface area contributed by atoms with Crippen molar-refractivity contribution in [2.45, 2.75) is 43.9 Å². The van der Waals surface area contributed by atoms with E-state index < -0.39 is 20.7 Å². The van der Waals surface area contributed by atoms with Crippen LogP contribution in [-0.4, -0.2) is 15.0 Å². The van der Waals surface area contributed by atoms with Gasteiger partial charge in [0, 0.05) is 6.54 Å². The maximum Gasteiger partial charge on any atom is 0.245 e. The van der Waals surface area contributed by atoms with Crippen LogP contribution in [0.3, 0.4) is 0 Å². The van der Waals surface area contributed by atoms with Gasteiger partial charge < -0.3 is 5.73 Å². The number of hydrogen-bond donors (Lipinski definition) is 2. The summed E-state index contributed by atoms with van der Waals surface area (Å²) in [6, 6.07) is 3.89. The van der Waals surface area contributed by atoms with E-state index in [-0.39, 0.29) is 11.1 Å². The molecule has 3 N–H and O–H groups in total. The van der Waals surface area contributed by atoms with Crippen LogP contribution in [-0.2, 0) is 10.0 Å². The van der Waals surface area contributed by atoms with Crippen LogP contribution in [0.25, 0.3) is 0 Å². The van der Waals surface area contributed by atoms with E-state index in [2.05, 4.69) is 11.6 Å². The Morgan fingerprint density at radius 2 is 1.95 bits per heavy atom. The van der Waals surface area contributed by atoms with Gasteiger partial charge in [-0.05, 0) is 30.4 Å². The molecule has 112 valence electrons. The molecule has 4 nitrogen and oxygen atoms in total. The van der Waals surface area contributed by atoms with Crippen molar-refractivity contribution in [1.82, 2.24) is 4.72 Å². The van der Waals surface area contributed by atoms with E-state index >= 15 is 0 Å². The highest BCUT2D eigenvalue weighted by atomic mass is 32.2. The van der Waals surface area contributed by atoms with Gasteiger partial charge in [-0.3, -0.25) is 0 Å². The van der Waals surface area contributed by atoms with Crippen molar-refractivity contribution in [3.8, 4) is 0 Å². The second kappa shape index (κ2) is 5.69. The van der Waals surface area contributed by atoms with Gasteiger partial charge in [-0.1, -0.05) is 32.3 Å². The molecule has 20 heavy (non-hydrogen) atoms. The number of nitrogens with two attached hydrogens (primary N) is 1. The SMILES string of the molecule is CC1(CNS(=O)(=O)c2c(N)cccc2F)CCCCC1. The first-order valence-corrected chi connectivity index (χ1v) is 8.36. The molecule has 0 amide bonds. The average Bonchev–Trinajstić information content (AvgIpc) is 2.37. The number of anilines is 1. The topological polar surface area (TPSA) is 72.2 Å². The fourth-order valence-electron chi connectivity index (χ4n) is 2.73. The van der Waals surface area contributed by atoms with Crippen LogP contribution < -0.4 is 10.5 Å². The summed E-state index contributed by atoms with van der Waals surface area (Å²) in [5.74, 6) is -0.814. The highest BCUT2D eigenvalue weighted by Crippen LogP contribution is 2.35. The Balaban J connectivity index is 2.15. The first-order chi connectivity index (χ1) is 9.34. The Labute approximate surface area is 119 Å². The number of sulfonamides is 1. The molecule has 0 aromatic heterocycles. The molecule has 0 heterocycles. The van der Waals surface area contributed by atoms with Gasteiger partial charge in [0.15, 0.2) is 0 Å². The Morgan fingerprint density at radius 3 is 2.55 bits per heavy atom. The number of benzene rings is 1. The van der Waals surface area contributed by atoms with Crippen molar-refractivity contribution in [3.05, 3.63) is 24.0 Å². The molecule has 0 unspecified atom stereocenters. The minimum absolute atomic E-state index is 0.0503. The molecular weight excluding hydrogens is 279 g/mol. The predicted molar refractivity (Wildman–Crippen MR) is 77.2 cm³/mol. The third kappa shape index (κ3) is 3.30. The molecular formula is C14H21FN2O2S. The third-order valence-corrected chi connectivity index (χ3v) is 5.51. The van der Waals surface area contributed by atoms with Crippen LogP contribution in [0, 0.1) is 11.2 Å². The summed E-state index contributed by atoms with van der Waals surface area (Å²) in [6.45, 7) is 2.39. The predicted octanol–water partition coefficient (Wildman–Crippen LogP) is 2.66. The summed E-state index contributed by atoms with van der Waals surface area (Å²) in [5, 5.41) is 0. The van der Waals surface area contributed by atoms with E-state index in [0.717, 1.165) is 31.7 Å². The van der Waals surface area contributed by atoms with Crippen LogP contribution in [0.5, 0.6) is 0 Å². The molecule has 0 spiro atoms. The number of nitrogen functional groups attached to an aromatic ring is 1. The monoisotopic (exact) mass is 300 g/mol. The Morgan fingerprint density at radius 1 is 1.30 bits per heavy atom. The van der Waals surface area contributed by atoms with E-state index in [4.69, 9.17) is 5.73 Å². The zero-order valence-electron chi connectivity index (χ0n) is 11.7. The minimum atomic E-state index is -3.91. The Bertz CT molecular complexity index is 561. The number of halogens is 1. The third-order valence-electron chi connectivity index (χ3n) is 4.02. The van der Waals surface area contributed by atoms with Crippen LogP contribution in [0.2, 0.25) is 0 Å². The van der Waals surface area contributed by atoms with Crippen LogP contribution in [0.4, 0.5) is 10.1 Å². The van der Waals surface area contributed by atoms with Crippen molar-refractivity contribution in [2.75, 3.05) is 12.3 Å². The lowest BCUT2D eigenvalue weighted by atomic mass is 9.76. The summed E-state index contributed by atoms with van der Waals surface area (Å²) < 4.78 is 40.7. The van der Waals surface area contributed by atoms with E-state index in [1.165, 1.54) is 18.6 Å². The second-order valence-electron chi connectivity index (χ2n) is 5.85. The molecule has 6 heteroatoms. The van der Waals surface area contributed by atoms with Gasteiger partial charge in [-0.15, -0.1) is 0 Å². The zero-order valence-corrected chi connectivity index (χ0v) is 12.5. The molecule has 0 atom stereocenters. The van der Waals surface area contributed by atoms with Gasteiger partial charge in [0.1, 0.15) is 10.7 Å². The lowest BCUT2D eigenvalue weighted by Crippen LogP contribution is -2.37. The van der Waals surface area contributed by atoms with E-state index in [1.807, 2.05) is 0 Å². The fraction of sp³-hybridized carbons (Fsp3) is 0.571. The molecule has 1 aromatic rings. The molecule has 1 aliphatic carbocycles. The smallest absolute Gasteiger partial charge is 0.245 e. The summed E-state index contributed by atoms with van der Waals surface area (Å²) in [7, 11) is -3.91. The minimum Gasteiger partial charge on any atom is -0.398 e. The first kappa shape index (κ1) is 15.3. The van der Waals surface area contributed by atoms with Gasteiger partial charge in [0.2, 0.25) is 10.0 Å². The van der Waals surface area contributed by atoms with Crippen molar-refractivity contribution < 1.29 is 12.8 Å². The lowest BCUT2D eigenvalue weighted by Gasteiger charge is -2.33. The van der Waals surface area contributed by atoms with Gasteiger partial charge in [-0.25, -0.2) is 17.5 Å². The highest BCUT2D eigenvalue weighted by Gasteiger charge is 2.30. The maximum absolute atomic E-state index is 13.7. The van der Waals surface area contributed by atoms with E-state index in [1.54, 1.807) is 0 Å². The van der Waals surface area contributed by atoms with Gasteiger partial charge >= 0.3 is 0 Å². The largest absolute Gasteiger partial charge is 0.398 e. The van der Waals surface area contributed by atoms with Crippen molar-refractivity contribution in [2.24, 2.45) is 5.41 Å². The first-order valence-electron chi connectivity index (χ1n) is 6.88. The van der Waals surface area contributed by atoms with Crippen LogP contribution in [0.15, 0.2) is 23.1 Å². The highest BCUT2D eigenvalue weighted by molar-refractivity contribution is 7.89. The van der Waals surface area contributed by atoms with Crippen molar-refractivity contribution >= 4 is 15.7 Å². The van der Waals surface area contributed by atoms with Crippen molar-refractivity contribution in [1.29, 1.82) is 0 Å². The maximum atomic E-state index is 13.7. The second-order valence-corrected chi connectivity index (χ2v) is 7.56. The molecule has 1 saturated carbocycles. The molecule has 1 fully saturated rings. The number of rotatable bonds is 4. The fourth-order valence-corrected chi connectivity index (χ4v) is 4.12. The normalized spacial score (nSPS) is 18.9. The summed E-state index contributed by atoms with van der Waals surface area (Å²) >= 11 is 0.